The minimum Gasteiger partial charge on any atom is -0.469 e. The Hall–Kier alpha value is -2.28. The van der Waals surface area contributed by atoms with Crippen LogP contribution in [-0.4, -0.2) is 33.2 Å². The molecule has 0 bridgehead atoms. The van der Waals surface area contributed by atoms with Crippen LogP contribution in [-0.2, 0) is 22.9 Å². The Labute approximate surface area is 141 Å². The molecule has 1 atom stereocenters. The molecule has 0 spiro atoms. The zero-order chi connectivity index (χ0) is 17.3. The summed E-state index contributed by atoms with van der Waals surface area (Å²) >= 11 is 0. The van der Waals surface area contributed by atoms with Crippen molar-refractivity contribution >= 4 is 21.6 Å². The third-order valence-electron chi connectivity index (χ3n) is 4.09. The summed E-state index contributed by atoms with van der Waals surface area (Å²) in [6, 6.07) is 8.69. The summed E-state index contributed by atoms with van der Waals surface area (Å²) in [5.74, 6) is 0.650. The summed E-state index contributed by atoms with van der Waals surface area (Å²) in [6.45, 7) is 2.35. The lowest BCUT2D eigenvalue weighted by atomic mass is 10.1. The van der Waals surface area contributed by atoms with Gasteiger partial charge in [0.1, 0.15) is 5.76 Å². The number of nitrogens with zero attached hydrogens (tertiary/aromatic N) is 1. The zero-order valence-corrected chi connectivity index (χ0v) is 14.5. The Balaban J connectivity index is 1.70. The topological polar surface area (TPSA) is 79.6 Å². The van der Waals surface area contributed by atoms with Gasteiger partial charge in [0, 0.05) is 24.6 Å². The second-order valence-corrected chi connectivity index (χ2v) is 7.90. The van der Waals surface area contributed by atoms with Crippen LogP contribution >= 0.6 is 0 Å². The molecule has 0 unspecified atom stereocenters. The quantitative estimate of drug-likeness (QED) is 0.896. The van der Waals surface area contributed by atoms with E-state index in [2.05, 4.69) is 5.32 Å². The van der Waals surface area contributed by atoms with Crippen molar-refractivity contribution in [1.82, 2.24) is 5.32 Å². The van der Waals surface area contributed by atoms with Crippen LogP contribution in [0.15, 0.2) is 41.0 Å². The molecule has 0 saturated heterocycles. The largest absolute Gasteiger partial charge is 0.469 e. The van der Waals surface area contributed by atoms with E-state index in [1.807, 2.05) is 19.1 Å². The van der Waals surface area contributed by atoms with Gasteiger partial charge in [0.25, 0.3) is 5.91 Å². The maximum Gasteiger partial charge on any atom is 0.251 e. The third kappa shape index (κ3) is 3.31. The van der Waals surface area contributed by atoms with Crippen molar-refractivity contribution in [3.8, 4) is 0 Å². The van der Waals surface area contributed by atoms with Crippen LogP contribution in [0.4, 0.5) is 5.69 Å². The lowest BCUT2D eigenvalue weighted by Gasteiger charge is -2.21. The fourth-order valence-electron chi connectivity index (χ4n) is 3.11. The SMILES string of the molecule is C[C@@H]1Cc2cc(C(=O)NCCc3ccco3)ccc2N1S(C)(=O)=O. The van der Waals surface area contributed by atoms with Crippen molar-refractivity contribution in [2.24, 2.45) is 0 Å². The maximum atomic E-state index is 12.3. The van der Waals surface area contributed by atoms with Crippen molar-refractivity contribution < 1.29 is 17.6 Å². The van der Waals surface area contributed by atoms with E-state index in [1.165, 1.54) is 10.6 Å². The number of hydrogen-bond acceptors (Lipinski definition) is 4. The molecule has 1 aromatic heterocycles. The minimum atomic E-state index is -3.32. The molecule has 1 amide bonds. The molecule has 1 N–H and O–H groups in total. The number of carbonyl (C=O) groups is 1. The number of nitrogens with one attached hydrogen (secondary N) is 1. The Morgan fingerprint density at radius 2 is 2.17 bits per heavy atom. The Bertz CT molecular complexity index is 843. The molecule has 3 rings (SSSR count). The molecular weight excluding hydrogens is 328 g/mol. The molecule has 1 aliphatic rings. The third-order valence-corrected chi connectivity index (χ3v) is 5.36. The van der Waals surface area contributed by atoms with Crippen LogP contribution in [0.25, 0.3) is 0 Å². The molecule has 7 heteroatoms. The zero-order valence-electron chi connectivity index (χ0n) is 13.7. The monoisotopic (exact) mass is 348 g/mol. The average Bonchev–Trinajstić information content (AvgIpc) is 3.11. The Morgan fingerprint density at radius 1 is 1.38 bits per heavy atom. The molecule has 128 valence electrons. The number of furan rings is 1. The number of sulfonamides is 1. The van der Waals surface area contributed by atoms with Crippen molar-refractivity contribution in [2.45, 2.75) is 25.8 Å². The van der Waals surface area contributed by atoms with Crippen molar-refractivity contribution in [3.63, 3.8) is 0 Å². The van der Waals surface area contributed by atoms with Gasteiger partial charge in [-0.05, 0) is 49.2 Å². The highest BCUT2D eigenvalue weighted by Gasteiger charge is 2.32. The molecular formula is C17H20N2O4S. The maximum absolute atomic E-state index is 12.3. The molecule has 24 heavy (non-hydrogen) atoms. The number of fused-ring (bicyclic) bond motifs is 1. The van der Waals surface area contributed by atoms with Crippen LogP contribution in [0.1, 0.15) is 28.6 Å². The number of hydrogen-bond donors (Lipinski definition) is 1. The Kier molecular flexibility index (Phi) is 4.36. The first-order valence-corrected chi connectivity index (χ1v) is 9.64. The van der Waals surface area contributed by atoms with Crippen LogP contribution < -0.4 is 9.62 Å². The van der Waals surface area contributed by atoms with Gasteiger partial charge in [-0.3, -0.25) is 9.10 Å². The predicted octanol–water partition coefficient (Wildman–Crippen LogP) is 1.96. The average molecular weight is 348 g/mol. The predicted molar refractivity (Wildman–Crippen MR) is 91.7 cm³/mol. The number of carbonyl (C=O) groups excluding carboxylic acids is 1. The number of benzene rings is 1. The van der Waals surface area contributed by atoms with Gasteiger partial charge in [-0.25, -0.2) is 8.42 Å². The van der Waals surface area contributed by atoms with Gasteiger partial charge in [-0.15, -0.1) is 0 Å². The molecule has 1 aliphatic heterocycles. The summed E-state index contributed by atoms with van der Waals surface area (Å²) in [6.07, 6.45) is 4.04. The molecule has 0 radical (unpaired) electrons. The van der Waals surface area contributed by atoms with E-state index in [4.69, 9.17) is 4.42 Å². The van der Waals surface area contributed by atoms with E-state index in [9.17, 15) is 13.2 Å². The molecule has 0 aliphatic carbocycles. The van der Waals surface area contributed by atoms with E-state index < -0.39 is 10.0 Å². The van der Waals surface area contributed by atoms with Crippen LogP contribution in [0.5, 0.6) is 0 Å². The van der Waals surface area contributed by atoms with E-state index in [1.54, 1.807) is 24.5 Å². The lowest BCUT2D eigenvalue weighted by Crippen LogP contribution is -2.34. The van der Waals surface area contributed by atoms with Crippen LogP contribution in [0.2, 0.25) is 0 Å². The second kappa shape index (κ2) is 6.32. The number of rotatable bonds is 5. The Morgan fingerprint density at radius 3 is 2.83 bits per heavy atom. The van der Waals surface area contributed by atoms with Gasteiger partial charge < -0.3 is 9.73 Å². The summed E-state index contributed by atoms with van der Waals surface area (Å²) < 4.78 is 30.5. The van der Waals surface area contributed by atoms with Gasteiger partial charge in [-0.1, -0.05) is 0 Å². The summed E-state index contributed by atoms with van der Waals surface area (Å²) in [4.78, 5) is 12.3. The van der Waals surface area contributed by atoms with Crippen LogP contribution in [0, 0.1) is 0 Å². The normalized spacial score (nSPS) is 16.9. The summed E-state index contributed by atoms with van der Waals surface area (Å²) in [5, 5.41) is 2.85. The molecule has 0 fully saturated rings. The van der Waals surface area contributed by atoms with Gasteiger partial charge in [0.05, 0.1) is 18.2 Å². The van der Waals surface area contributed by atoms with E-state index in [-0.39, 0.29) is 11.9 Å². The van der Waals surface area contributed by atoms with Gasteiger partial charge >= 0.3 is 0 Å². The molecule has 2 heterocycles. The highest BCUT2D eigenvalue weighted by atomic mass is 32.2. The van der Waals surface area contributed by atoms with Crippen molar-refractivity contribution in [2.75, 3.05) is 17.1 Å². The van der Waals surface area contributed by atoms with E-state index in [0.29, 0.717) is 30.6 Å². The first-order chi connectivity index (χ1) is 11.4. The fourth-order valence-corrected chi connectivity index (χ4v) is 4.37. The first-order valence-electron chi connectivity index (χ1n) is 7.79. The van der Waals surface area contributed by atoms with Gasteiger partial charge in [-0.2, -0.15) is 0 Å². The van der Waals surface area contributed by atoms with E-state index in [0.717, 1.165) is 11.3 Å². The van der Waals surface area contributed by atoms with Gasteiger partial charge in [0.15, 0.2) is 0 Å². The fraction of sp³-hybridized carbons (Fsp3) is 0.353. The minimum absolute atomic E-state index is 0.132. The lowest BCUT2D eigenvalue weighted by molar-refractivity contribution is 0.0953. The van der Waals surface area contributed by atoms with Crippen molar-refractivity contribution in [3.05, 3.63) is 53.5 Å². The molecule has 2 aromatic rings. The highest BCUT2D eigenvalue weighted by molar-refractivity contribution is 7.92. The first kappa shape index (κ1) is 16.6. The number of amides is 1. The van der Waals surface area contributed by atoms with Crippen LogP contribution in [0.3, 0.4) is 0 Å². The smallest absolute Gasteiger partial charge is 0.251 e. The summed E-state index contributed by atoms with van der Waals surface area (Å²) in [5.41, 5.74) is 2.08. The van der Waals surface area contributed by atoms with E-state index >= 15 is 0 Å². The van der Waals surface area contributed by atoms with Crippen molar-refractivity contribution in [1.29, 1.82) is 0 Å². The molecule has 0 saturated carbocycles. The number of anilines is 1. The summed E-state index contributed by atoms with van der Waals surface area (Å²) in [7, 11) is -3.32. The molecule has 1 aromatic carbocycles. The standard InChI is InChI=1S/C17H20N2O4S/c1-12-10-14-11-13(5-6-16(14)19(12)24(2,21)22)17(20)18-8-7-15-4-3-9-23-15/h3-6,9,11-12H,7-8,10H2,1-2H3,(H,18,20)/t12-/m1/s1. The van der Waals surface area contributed by atoms with Gasteiger partial charge in [0.2, 0.25) is 10.0 Å². The second-order valence-electron chi connectivity index (χ2n) is 6.04. The highest BCUT2D eigenvalue weighted by Crippen LogP contribution is 2.34. The molecule has 6 nitrogen and oxygen atoms in total.